The average molecular weight is 978 g/mol. The van der Waals surface area contributed by atoms with Crippen molar-refractivity contribution in [3.05, 3.63) is 71.8 Å². The van der Waals surface area contributed by atoms with Gasteiger partial charge in [0.25, 0.3) is 0 Å². The minimum absolute atomic E-state index is 0. The highest BCUT2D eigenvalue weighted by Crippen LogP contribution is 2.45. The fourth-order valence-corrected chi connectivity index (χ4v) is 9.35. The normalized spacial score (nSPS) is 23.7. The molecule has 2 aromatic carbocycles. The number of carbonyl (C=O) groups excluding carboxylic acids is 2. The molecule has 7 atom stereocenters. The minimum Gasteiger partial charge on any atom is -1.00 e. The molecule has 3 aliphatic heterocycles. The molecule has 5 rings (SSSR count). The van der Waals surface area contributed by atoms with Crippen LogP contribution in [0.2, 0.25) is 36.3 Å². The highest BCUT2D eigenvalue weighted by Gasteiger charge is 2.58. The second-order valence-electron chi connectivity index (χ2n) is 19.6. The number of nitrogens with one attached hydrogen (secondary N) is 1. The Labute approximate surface area is 376 Å². The van der Waals surface area contributed by atoms with Gasteiger partial charge in [-0.2, -0.15) is 0 Å². The largest absolute Gasteiger partial charge is 1.00 e. The lowest BCUT2D eigenvalue weighted by molar-refractivity contribution is -0.893. The lowest BCUT2D eigenvalue weighted by Gasteiger charge is -2.45. The fraction of sp³-hybridized carbons (Fsp3) is 0.605. The van der Waals surface area contributed by atoms with E-state index in [0.29, 0.717) is 23.4 Å². The van der Waals surface area contributed by atoms with E-state index in [1.807, 2.05) is 65.6 Å². The van der Waals surface area contributed by atoms with E-state index in [2.05, 4.69) is 92.1 Å². The third kappa shape index (κ3) is 12.5. The number of nitrogens with zero attached hydrogens (tertiary/aromatic N) is 5. The van der Waals surface area contributed by atoms with Gasteiger partial charge in [-0.15, -0.1) is 0 Å². The van der Waals surface area contributed by atoms with Gasteiger partial charge in [-0.05, 0) is 47.4 Å². The van der Waals surface area contributed by atoms with Gasteiger partial charge in [-0.1, -0.05) is 102 Å². The molecule has 1 saturated heterocycles. The zero-order valence-corrected chi connectivity index (χ0v) is 41.7. The van der Waals surface area contributed by atoms with Crippen LogP contribution in [0.25, 0.3) is 0 Å². The van der Waals surface area contributed by atoms with Gasteiger partial charge in [-0.3, -0.25) is 4.99 Å². The number of nitrogens with two attached hydrogens (primary N) is 1. The van der Waals surface area contributed by atoms with Gasteiger partial charge in [0.15, 0.2) is 29.0 Å². The Balaban J connectivity index is 0.00000794. The first-order chi connectivity index (χ1) is 27.5. The zero-order valence-electron chi connectivity index (χ0n) is 37.6. The van der Waals surface area contributed by atoms with Crippen molar-refractivity contribution in [3.8, 4) is 0 Å². The maximum Gasteiger partial charge on any atom is 0.408 e. The number of hydrogen-bond acceptors (Lipinski definition) is 12. The summed E-state index contributed by atoms with van der Waals surface area (Å²) in [5.41, 5.74) is 8.00. The molecule has 14 nitrogen and oxygen atoms in total. The summed E-state index contributed by atoms with van der Waals surface area (Å²) in [4.78, 5) is 42.5. The van der Waals surface area contributed by atoms with E-state index >= 15 is 0 Å². The summed E-state index contributed by atoms with van der Waals surface area (Å²) in [6.45, 7) is 23.6. The number of likely N-dealkylation sites (N-methyl/N-ethyl adjacent to an activating group) is 1. The molecule has 60 heavy (non-hydrogen) atoms. The number of hydrogen-bond donors (Lipinski definition) is 2. The van der Waals surface area contributed by atoms with Crippen LogP contribution in [0, 0.1) is 0 Å². The smallest absolute Gasteiger partial charge is 0.408 e. The molecule has 1 amide bonds. The van der Waals surface area contributed by atoms with E-state index in [1.54, 1.807) is 6.34 Å². The predicted molar refractivity (Wildman–Crippen MR) is 237 cm³/mol. The monoisotopic (exact) mass is 977 g/mol. The molecule has 0 saturated carbocycles. The summed E-state index contributed by atoms with van der Waals surface area (Å²) >= 11 is 0. The Morgan fingerprint density at radius 1 is 0.850 bits per heavy atom. The molecular weight excluding hydrogens is 910 g/mol. The molecule has 3 N–H and O–H groups in total. The van der Waals surface area contributed by atoms with Crippen LogP contribution in [0.4, 0.5) is 4.79 Å². The van der Waals surface area contributed by atoms with Gasteiger partial charge in [-0.25, -0.2) is 19.6 Å². The first kappa shape index (κ1) is 49.4. The number of benzene rings is 2. The van der Waals surface area contributed by atoms with Gasteiger partial charge < -0.3 is 67.5 Å². The Kier molecular flexibility index (Phi) is 16.4. The molecule has 0 spiro atoms. The summed E-state index contributed by atoms with van der Waals surface area (Å²) in [5, 5.41) is 2.62. The van der Waals surface area contributed by atoms with Crippen LogP contribution in [0.15, 0.2) is 75.6 Å². The van der Waals surface area contributed by atoms with Gasteiger partial charge >= 0.3 is 12.1 Å². The van der Waals surface area contributed by atoms with Crippen LogP contribution >= 0.6 is 0 Å². The van der Waals surface area contributed by atoms with Gasteiger partial charge in [0.1, 0.15) is 62.3 Å². The van der Waals surface area contributed by atoms with E-state index in [1.165, 1.54) is 6.34 Å². The van der Waals surface area contributed by atoms with Gasteiger partial charge in [0, 0.05) is 6.42 Å². The molecule has 3 aliphatic rings. The fourth-order valence-electron chi connectivity index (χ4n) is 6.74. The number of quaternary nitrogens is 1. The second kappa shape index (κ2) is 19.9. The maximum absolute atomic E-state index is 13.7. The van der Waals surface area contributed by atoms with Crippen LogP contribution < -0.4 is 35.0 Å². The molecule has 0 bridgehead atoms. The third-order valence-corrected chi connectivity index (χ3v) is 21.4. The lowest BCUT2D eigenvalue weighted by Crippen LogP contribution is -3.00. The predicted octanol–water partition coefficient (Wildman–Crippen LogP) is 3.44. The topological polar surface area (TPSA) is 159 Å². The van der Waals surface area contributed by atoms with Crippen molar-refractivity contribution >= 4 is 47.2 Å². The van der Waals surface area contributed by atoms with Crippen molar-refractivity contribution in [1.29, 1.82) is 0 Å². The molecule has 2 unspecified atom stereocenters. The number of alkyl carbamates (subject to hydrolysis) is 1. The highest BCUT2D eigenvalue weighted by atomic mass is 127. The van der Waals surface area contributed by atoms with Crippen molar-refractivity contribution in [3.63, 3.8) is 0 Å². The van der Waals surface area contributed by atoms with Crippen molar-refractivity contribution < 1.29 is 61.1 Å². The molecule has 17 heteroatoms. The average Bonchev–Trinajstić information content (AvgIpc) is 3.72. The van der Waals surface area contributed by atoms with Crippen LogP contribution in [-0.2, 0) is 41.1 Å². The van der Waals surface area contributed by atoms with Crippen molar-refractivity contribution in [1.82, 2.24) is 10.2 Å². The molecular formula is C43H68IN7O7Si2. The quantitative estimate of drug-likeness (QED) is 0.111. The number of ether oxygens (including phenoxy) is 3. The Morgan fingerprint density at radius 3 is 1.93 bits per heavy atom. The molecule has 0 radical (unpaired) electrons. The van der Waals surface area contributed by atoms with E-state index in [4.69, 9.17) is 38.8 Å². The first-order valence-electron chi connectivity index (χ1n) is 20.6. The molecule has 0 aromatic heterocycles. The summed E-state index contributed by atoms with van der Waals surface area (Å²) in [6.07, 6.45) is 0.520. The Hall–Kier alpha value is -3.21. The molecule has 332 valence electrons. The number of amides is 1. The number of halogens is 1. The summed E-state index contributed by atoms with van der Waals surface area (Å²) in [7, 11) is -0.607. The standard InChI is InChI=1S/C43H67N7O7Si2.HI/c1-42(2,3)58(9,10)56-35-33(55-39(36(35)57-59(11,12)43(4,5)6)49-29-47-34-37(44)45-28-46-38(34)49)25-50(7,8)24-23-32(40(51)53-26-30-19-15-13-16-20-30)48-41(52)54-27-31-21-17-14-18-22-31;/h13-22,28-29,32-36,38-39H,23-27H2,1-12H3,(H2-,44,45,46,48,52);1H/t32-,33+,34?,35+,36+,38?,39+;/m0./s1. The molecule has 2 aromatic rings. The highest BCUT2D eigenvalue weighted by molar-refractivity contribution is 6.74. The number of aliphatic imine (C=N–C) groups is 3. The van der Waals surface area contributed by atoms with Crippen LogP contribution in [0.1, 0.15) is 59.1 Å². The van der Waals surface area contributed by atoms with Crippen LogP contribution in [0.5, 0.6) is 0 Å². The molecule has 1 fully saturated rings. The number of fused-ring (bicyclic) bond motifs is 1. The van der Waals surface area contributed by atoms with Gasteiger partial charge in [0.05, 0.1) is 27.0 Å². The lowest BCUT2D eigenvalue weighted by atomic mass is 10.1. The summed E-state index contributed by atoms with van der Waals surface area (Å²) in [5.74, 6) is -0.134. The maximum atomic E-state index is 13.7. The summed E-state index contributed by atoms with van der Waals surface area (Å²) < 4.78 is 33.6. The van der Waals surface area contributed by atoms with Crippen molar-refractivity contribution in [2.75, 3.05) is 27.2 Å². The summed E-state index contributed by atoms with van der Waals surface area (Å²) in [6, 6.07) is 17.5. The Morgan fingerprint density at radius 2 is 1.38 bits per heavy atom. The van der Waals surface area contributed by atoms with E-state index in [-0.39, 0.29) is 53.7 Å². The first-order valence-corrected chi connectivity index (χ1v) is 26.5. The van der Waals surface area contributed by atoms with Crippen LogP contribution in [0.3, 0.4) is 0 Å². The number of rotatable bonds is 16. The van der Waals surface area contributed by atoms with Crippen LogP contribution in [-0.4, -0.2) is 127 Å². The third-order valence-electron chi connectivity index (χ3n) is 12.4. The van der Waals surface area contributed by atoms with E-state index in [9.17, 15) is 9.59 Å². The zero-order chi connectivity index (χ0) is 43.4. The number of amidine groups is 1. The molecule has 3 heterocycles. The van der Waals surface area contributed by atoms with Crippen molar-refractivity contribution in [2.24, 2.45) is 20.7 Å². The second-order valence-corrected chi connectivity index (χ2v) is 29.1. The van der Waals surface area contributed by atoms with Gasteiger partial charge in [0.2, 0.25) is 0 Å². The molecule has 0 aliphatic carbocycles. The number of carbonyl (C=O) groups is 2. The Bertz CT molecular complexity index is 1840. The van der Waals surface area contributed by atoms with E-state index in [0.717, 1.165) is 11.1 Å². The minimum atomic E-state index is -2.40. The SMILES string of the molecule is CC(C)(C)[Si](C)(C)O[C@@H]1[C@H](O[Si](C)(C)C(C)(C)C)[C@@H](C[N+](C)(C)CC[C@H](NC(=O)OCc2ccccc2)C(=O)OCc2ccccc2)O[C@H]1N1C=NC2C(N)=NC=NC21.[I-]. The number of esters is 1. The van der Waals surface area contributed by atoms with Crippen molar-refractivity contribution in [2.45, 2.75) is 140 Å². The van der Waals surface area contributed by atoms with E-state index < -0.39 is 71.5 Å².